The summed E-state index contributed by atoms with van der Waals surface area (Å²) in [5.41, 5.74) is 0. The van der Waals surface area contributed by atoms with Gasteiger partial charge in [-0.05, 0) is 59.3 Å². The molecule has 0 amide bonds. The maximum absolute atomic E-state index is 8.15. The summed E-state index contributed by atoms with van der Waals surface area (Å²) >= 11 is 0. The van der Waals surface area contributed by atoms with Crippen molar-refractivity contribution in [1.82, 2.24) is 53.2 Å². The molecule has 0 aromatic heterocycles. The fourth-order valence-corrected chi connectivity index (χ4v) is 3.98. The van der Waals surface area contributed by atoms with E-state index in [1.54, 1.807) is 18.6 Å². The minimum atomic E-state index is 0.287. The number of hydrogen-bond donors (Lipinski definition) is 10. The smallest absolute Gasteiger partial charge is 0.180 e. The average molecular weight is 1020 g/mol. The van der Waals surface area contributed by atoms with Crippen molar-refractivity contribution in [1.29, 1.82) is 52.6 Å². The van der Waals surface area contributed by atoms with E-state index < -0.39 is 0 Å². The van der Waals surface area contributed by atoms with Gasteiger partial charge in [0.2, 0.25) is 0 Å². The van der Waals surface area contributed by atoms with Crippen LogP contribution in [0.15, 0.2) is 12.8 Å². The second-order valence-electron chi connectivity index (χ2n) is 14.7. The first-order valence-corrected chi connectivity index (χ1v) is 25.8. The molecule has 0 bridgehead atoms. The monoisotopic (exact) mass is 1020 g/mol. The summed E-state index contributed by atoms with van der Waals surface area (Å²) < 4.78 is 0. The molecule has 0 heterocycles. The fraction of sp³-hybridized carbons (Fsp3) is 0.736. The van der Waals surface area contributed by atoms with E-state index in [1.807, 2.05) is 71.0 Å². The third-order valence-corrected chi connectivity index (χ3v) is 7.67. The molecule has 412 valence electrons. The topological polar surface area (TPSA) is 358 Å². The van der Waals surface area contributed by atoms with Gasteiger partial charge in [-0.1, -0.05) is 150 Å². The van der Waals surface area contributed by atoms with Gasteiger partial charge in [0, 0.05) is 58.1 Å². The predicted molar refractivity (Wildman–Crippen MR) is 297 cm³/mol. The Morgan fingerprint density at radius 3 is 0.836 bits per heavy atom. The molecule has 0 unspecified atom stereocenters. The van der Waals surface area contributed by atoms with Crippen molar-refractivity contribution in [3.8, 4) is 74.3 Å². The van der Waals surface area contributed by atoms with Crippen LogP contribution < -0.4 is 53.2 Å². The molecule has 0 aliphatic rings. The highest BCUT2D eigenvalue weighted by atomic mass is 14.9. The number of terminal acetylenes is 1. The maximum atomic E-state index is 8.15. The summed E-state index contributed by atoms with van der Waals surface area (Å²) in [4.78, 5) is 0. The van der Waals surface area contributed by atoms with Crippen LogP contribution >= 0.6 is 0 Å². The van der Waals surface area contributed by atoms with Crippen molar-refractivity contribution in [2.75, 3.05) is 52.4 Å². The van der Waals surface area contributed by atoms with Crippen LogP contribution in [-0.4, -0.2) is 58.4 Å². The highest BCUT2D eigenvalue weighted by molar-refractivity contribution is 4.89. The normalized spacial score (nSPS) is 7.49. The summed E-state index contributed by atoms with van der Waals surface area (Å²) in [5.74, 6) is 2.24. The van der Waals surface area contributed by atoms with Crippen molar-refractivity contribution in [2.45, 2.75) is 203 Å². The third-order valence-electron chi connectivity index (χ3n) is 7.67. The summed E-state index contributed by atoms with van der Waals surface area (Å²) in [6.07, 6.45) is 50.0. The minimum absolute atomic E-state index is 0.287. The van der Waals surface area contributed by atoms with Gasteiger partial charge in [0.15, 0.2) is 61.9 Å². The predicted octanol–water partition coefficient (Wildman–Crippen LogP) is 9.09. The van der Waals surface area contributed by atoms with E-state index in [0.717, 1.165) is 90.8 Å². The summed E-state index contributed by atoms with van der Waals surface area (Å²) in [6.45, 7) is 27.9. The van der Waals surface area contributed by atoms with Gasteiger partial charge in [-0.15, -0.1) is 6.42 Å². The Kier molecular flexibility index (Phi) is 145. The van der Waals surface area contributed by atoms with Gasteiger partial charge in [0.05, 0.1) is 6.54 Å². The van der Waals surface area contributed by atoms with Gasteiger partial charge in [-0.2, -0.15) is 52.6 Å². The van der Waals surface area contributed by atoms with Crippen molar-refractivity contribution >= 4 is 0 Å². The molecule has 20 heteroatoms. The largest absolute Gasteiger partial charge is 0.324 e. The van der Waals surface area contributed by atoms with Gasteiger partial charge in [0.1, 0.15) is 0 Å². The molecule has 20 nitrogen and oxygen atoms in total. The van der Waals surface area contributed by atoms with E-state index in [4.69, 9.17) is 59.0 Å². The van der Waals surface area contributed by atoms with Gasteiger partial charge in [-0.3, -0.25) is 0 Å². The molecule has 0 aromatic carbocycles. The molecule has 73 heavy (non-hydrogen) atoms. The molecule has 0 atom stereocenters. The van der Waals surface area contributed by atoms with Gasteiger partial charge in [0.25, 0.3) is 0 Å². The molecule has 0 spiro atoms. The van der Waals surface area contributed by atoms with Crippen molar-refractivity contribution in [2.24, 2.45) is 0 Å². The van der Waals surface area contributed by atoms with Gasteiger partial charge < -0.3 is 53.2 Å². The second-order valence-corrected chi connectivity index (χ2v) is 14.7. The van der Waals surface area contributed by atoms with Crippen LogP contribution in [0.1, 0.15) is 197 Å². The minimum Gasteiger partial charge on any atom is -0.324 e. The molecular weight excluding hydrogens is 917 g/mol. The van der Waals surface area contributed by atoms with Crippen LogP contribution in [0.5, 0.6) is 0 Å². The van der Waals surface area contributed by atoms with E-state index in [9.17, 15) is 0 Å². The molecule has 0 aromatic rings. The molecule has 0 fully saturated rings. The lowest BCUT2D eigenvalue weighted by atomic mass is 10.1. The number of nitriles is 10. The number of rotatable bonds is 31. The highest BCUT2D eigenvalue weighted by Gasteiger charge is 1.89. The van der Waals surface area contributed by atoms with E-state index in [1.165, 1.54) is 96.1 Å². The maximum Gasteiger partial charge on any atom is 0.180 e. The standard InChI is InChI=1S/C9H18N2.C8H16N2.C7H14N2.C6H12N2.C5H10N2.2C4H8N2.C4H4N2.C3H6N2.C3H4N2/c1-2-3-4-5-6-7-8-11-9-10;1-2-3-4-5-6-7-10-8-9;1-2-3-4-5-6-9-7-8;1-2-3-4-5-8-6-7;1-2-3-4-7-5-6;1-4(2)6-3-5;2*1-2-3-6-4-5;2*1-2-5-3-4/h11H,2-8H2,1H3;10H,2-7H2,1H3;9H,2-6H2,1H3;8H,2-5H2,1H3;7H,2-4H2,1H3;4,6H,1-2H3;6H,2-3H2,1H3;1,6H,3H2;5H,2H2,1H3;2,5H,1H2. The summed E-state index contributed by atoms with van der Waals surface area (Å²) in [5, 5.41) is 104. The number of unbranched alkanes of at least 4 members (excludes halogenated alkanes) is 15. The zero-order chi connectivity index (χ0) is 57.6. The molecular formula is C53H100N20. The molecule has 0 rings (SSSR count). The summed E-state index contributed by atoms with van der Waals surface area (Å²) in [7, 11) is 0. The van der Waals surface area contributed by atoms with E-state index >= 15 is 0 Å². The van der Waals surface area contributed by atoms with Crippen molar-refractivity contribution < 1.29 is 0 Å². The lowest BCUT2D eigenvalue weighted by Crippen LogP contribution is -2.15. The van der Waals surface area contributed by atoms with Crippen LogP contribution in [0.4, 0.5) is 0 Å². The Labute approximate surface area is 447 Å². The molecule has 0 aliphatic carbocycles. The highest BCUT2D eigenvalue weighted by Crippen LogP contribution is 2.04. The Morgan fingerprint density at radius 2 is 0.644 bits per heavy atom. The van der Waals surface area contributed by atoms with Crippen LogP contribution in [-0.2, 0) is 0 Å². The van der Waals surface area contributed by atoms with E-state index in [-0.39, 0.29) is 6.04 Å². The van der Waals surface area contributed by atoms with Crippen LogP contribution in [0.3, 0.4) is 0 Å². The third kappa shape index (κ3) is 200. The van der Waals surface area contributed by atoms with Crippen molar-refractivity contribution in [3.63, 3.8) is 0 Å². The Balaban J connectivity index is -0.0000000763. The molecule has 0 radical (unpaired) electrons. The zero-order valence-electron chi connectivity index (χ0n) is 46.9. The molecule has 10 N–H and O–H groups in total. The Hall–Kier alpha value is -7.80. The molecule has 0 saturated carbocycles. The van der Waals surface area contributed by atoms with E-state index in [2.05, 4.69) is 100 Å². The van der Waals surface area contributed by atoms with Gasteiger partial charge in [-0.25, -0.2) is 0 Å². The summed E-state index contributed by atoms with van der Waals surface area (Å²) in [6, 6.07) is 0.287. The van der Waals surface area contributed by atoms with Gasteiger partial charge >= 0.3 is 0 Å². The zero-order valence-corrected chi connectivity index (χ0v) is 46.9. The Morgan fingerprint density at radius 1 is 0.356 bits per heavy atom. The van der Waals surface area contributed by atoms with Crippen LogP contribution in [0, 0.1) is 127 Å². The first-order chi connectivity index (χ1) is 35.5. The second kappa shape index (κ2) is 120. The molecule has 0 saturated heterocycles. The average Bonchev–Trinajstić information content (AvgIpc) is 3.39. The van der Waals surface area contributed by atoms with Crippen LogP contribution in [0.2, 0.25) is 0 Å². The fourth-order valence-electron chi connectivity index (χ4n) is 3.98. The van der Waals surface area contributed by atoms with E-state index in [0.29, 0.717) is 6.54 Å². The quantitative estimate of drug-likeness (QED) is 0.0134. The first kappa shape index (κ1) is 88.2. The van der Waals surface area contributed by atoms with Crippen molar-refractivity contribution in [3.05, 3.63) is 12.8 Å². The SMILES string of the molecule is C#CCNC#N.C=CNC#N.CC(C)NC#N.CCCCCCCCNC#N.CCCCCCCNC#N.CCCCCCNC#N.CCCCCNC#N.CCCCNC#N.CCCNC#N.CCNC#N. The number of nitrogens with one attached hydrogen (secondary N) is 10. The first-order valence-electron chi connectivity index (χ1n) is 25.8. The number of nitrogens with zero attached hydrogens (tertiary/aromatic N) is 10. The lowest BCUT2D eigenvalue weighted by Gasteiger charge is -1.98. The van der Waals surface area contributed by atoms with Crippen LogP contribution in [0.25, 0.3) is 0 Å². The lowest BCUT2D eigenvalue weighted by molar-refractivity contribution is 0.600. The number of hydrogen-bond acceptors (Lipinski definition) is 20. The molecule has 0 aliphatic heterocycles. The Bertz CT molecular complexity index is 1450.